The van der Waals surface area contributed by atoms with E-state index in [4.69, 9.17) is 5.73 Å². The molecule has 0 radical (unpaired) electrons. The lowest BCUT2D eigenvalue weighted by molar-refractivity contribution is 0.617. The minimum atomic E-state index is 0.298. The molecule has 0 bridgehead atoms. The standard InChI is InChI=1S/C13H25N5/c1-3-4-5-6-7-8-9-16-12-10-11(15-2)17-13(14)18-12/h10H,3-9H2,1-2H3,(H4,14,15,16,17,18). The van der Waals surface area contributed by atoms with Crippen molar-refractivity contribution in [3.63, 3.8) is 0 Å². The Morgan fingerprint density at radius 2 is 1.72 bits per heavy atom. The van der Waals surface area contributed by atoms with Crippen LogP contribution in [0.4, 0.5) is 17.6 Å². The number of unbranched alkanes of at least 4 members (excludes halogenated alkanes) is 5. The molecule has 0 aromatic carbocycles. The molecule has 0 aliphatic rings. The van der Waals surface area contributed by atoms with E-state index in [0.717, 1.165) is 18.2 Å². The number of nitrogen functional groups attached to an aromatic ring is 1. The van der Waals surface area contributed by atoms with Crippen molar-refractivity contribution in [3.8, 4) is 0 Å². The quantitative estimate of drug-likeness (QED) is 0.588. The molecular weight excluding hydrogens is 226 g/mol. The summed E-state index contributed by atoms with van der Waals surface area (Å²) in [5.74, 6) is 1.83. The summed E-state index contributed by atoms with van der Waals surface area (Å²) in [4.78, 5) is 8.19. The van der Waals surface area contributed by atoms with Gasteiger partial charge in [0.15, 0.2) is 0 Å². The van der Waals surface area contributed by atoms with Crippen molar-refractivity contribution in [3.05, 3.63) is 6.07 Å². The minimum absolute atomic E-state index is 0.298. The van der Waals surface area contributed by atoms with Gasteiger partial charge in [-0.2, -0.15) is 9.97 Å². The Balaban J connectivity index is 2.20. The Labute approximate surface area is 110 Å². The van der Waals surface area contributed by atoms with E-state index in [9.17, 15) is 0 Å². The molecule has 0 fully saturated rings. The molecule has 18 heavy (non-hydrogen) atoms. The highest BCUT2D eigenvalue weighted by Crippen LogP contribution is 2.12. The van der Waals surface area contributed by atoms with E-state index in [0.29, 0.717) is 5.95 Å². The molecule has 1 aromatic heterocycles. The molecule has 0 saturated carbocycles. The van der Waals surface area contributed by atoms with Crippen LogP contribution in [0, 0.1) is 0 Å². The highest BCUT2D eigenvalue weighted by molar-refractivity contribution is 5.50. The minimum Gasteiger partial charge on any atom is -0.373 e. The summed E-state index contributed by atoms with van der Waals surface area (Å²) >= 11 is 0. The molecule has 0 spiro atoms. The second-order valence-electron chi connectivity index (χ2n) is 4.44. The lowest BCUT2D eigenvalue weighted by atomic mass is 10.1. The van der Waals surface area contributed by atoms with Crippen LogP contribution < -0.4 is 16.4 Å². The van der Waals surface area contributed by atoms with Crippen LogP contribution in [0.25, 0.3) is 0 Å². The number of rotatable bonds is 9. The van der Waals surface area contributed by atoms with Gasteiger partial charge in [-0.05, 0) is 6.42 Å². The van der Waals surface area contributed by atoms with E-state index in [1.54, 1.807) is 0 Å². The first-order valence-electron chi connectivity index (χ1n) is 6.82. The van der Waals surface area contributed by atoms with E-state index in [-0.39, 0.29) is 0 Å². The fourth-order valence-electron chi connectivity index (χ4n) is 1.81. The van der Waals surface area contributed by atoms with E-state index >= 15 is 0 Å². The third-order valence-corrected chi connectivity index (χ3v) is 2.84. The molecule has 5 heteroatoms. The number of aromatic nitrogens is 2. The third kappa shape index (κ3) is 5.70. The second kappa shape index (κ2) is 8.55. The largest absolute Gasteiger partial charge is 0.373 e. The SMILES string of the molecule is CCCCCCCCNc1cc(NC)nc(N)n1. The molecule has 1 rings (SSSR count). The number of hydrogen-bond acceptors (Lipinski definition) is 5. The summed E-state index contributed by atoms with van der Waals surface area (Å²) in [6.07, 6.45) is 7.76. The van der Waals surface area contributed by atoms with Crippen molar-refractivity contribution in [2.75, 3.05) is 30.0 Å². The fraction of sp³-hybridized carbons (Fsp3) is 0.692. The van der Waals surface area contributed by atoms with Gasteiger partial charge in [0, 0.05) is 19.7 Å². The maximum atomic E-state index is 5.62. The number of hydrogen-bond donors (Lipinski definition) is 3. The van der Waals surface area contributed by atoms with Crippen molar-refractivity contribution in [1.29, 1.82) is 0 Å². The molecule has 4 N–H and O–H groups in total. The number of anilines is 3. The van der Waals surface area contributed by atoms with E-state index in [2.05, 4.69) is 27.5 Å². The molecule has 0 atom stereocenters. The molecule has 0 amide bonds. The van der Waals surface area contributed by atoms with Crippen LogP contribution >= 0.6 is 0 Å². The predicted molar refractivity (Wildman–Crippen MR) is 77.9 cm³/mol. The first-order chi connectivity index (χ1) is 8.76. The average Bonchev–Trinajstić information content (AvgIpc) is 2.37. The molecule has 1 aromatic rings. The van der Waals surface area contributed by atoms with Gasteiger partial charge in [-0.15, -0.1) is 0 Å². The van der Waals surface area contributed by atoms with Crippen molar-refractivity contribution in [2.24, 2.45) is 0 Å². The van der Waals surface area contributed by atoms with Gasteiger partial charge in [-0.3, -0.25) is 0 Å². The Morgan fingerprint density at radius 3 is 2.44 bits per heavy atom. The molecule has 102 valence electrons. The summed E-state index contributed by atoms with van der Waals surface area (Å²) < 4.78 is 0. The van der Waals surface area contributed by atoms with Crippen LogP contribution in [0.15, 0.2) is 6.07 Å². The van der Waals surface area contributed by atoms with Crippen molar-refractivity contribution in [2.45, 2.75) is 45.4 Å². The molecule has 0 unspecified atom stereocenters. The summed E-state index contributed by atoms with van der Waals surface area (Å²) in [5, 5.41) is 6.24. The second-order valence-corrected chi connectivity index (χ2v) is 4.44. The van der Waals surface area contributed by atoms with Gasteiger partial charge < -0.3 is 16.4 Å². The predicted octanol–water partition coefficient (Wildman–Crippen LogP) is 2.87. The van der Waals surface area contributed by atoms with Crippen LogP contribution in [-0.4, -0.2) is 23.6 Å². The molecule has 0 saturated heterocycles. The number of nitrogens with two attached hydrogens (primary N) is 1. The molecule has 1 heterocycles. The Bertz CT molecular complexity index is 340. The fourth-order valence-corrected chi connectivity index (χ4v) is 1.81. The summed E-state index contributed by atoms with van der Waals surface area (Å²) in [7, 11) is 1.82. The van der Waals surface area contributed by atoms with E-state index in [1.165, 1.54) is 38.5 Å². The van der Waals surface area contributed by atoms with Crippen LogP contribution in [0.1, 0.15) is 45.4 Å². The van der Waals surface area contributed by atoms with E-state index < -0.39 is 0 Å². The van der Waals surface area contributed by atoms with Gasteiger partial charge >= 0.3 is 0 Å². The van der Waals surface area contributed by atoms with Crippen LogP contribution in [0.5, 0.6) is 0 Å². The average molecular weight is 251 g/mol. The zero-order valence-electron chi connectivity index (χ0n) is 11.5. The molecule has 0 aliphatic heterocycles. The number of nitrogens with zero attached hydrogens (tertiary/aromatic N) is 2. The third-order valence-electron chi connectivity index (χ3n) is 2.84. The first kappa shape index (κ1) is 14.5. The van der Waals surface area contributed by atoms with Gasteiger partial charge in [0.25, 0.3) is 0 Å². The van der Waals surface area contributed by atoms with Gasteiger partial charge in [0.1, 0.15) is 11.6 Å². The molecule has 5 nitrogen and oxygen atoms in total. The normalized spacial score (nSPS) is 10.3. The summed E-state index contributed by atoms with van der Waals surface area (Å²) in [6.45, 7) is 3.17. The topological polar surface area (TPSA) is 75.9 Å². The first-order valence-corrected chi connectivity index (χ1v) is 6.82. The molecule has 0 aliphatic carbocycles. The maximum absolute atomic E-state index is 5.62. The number of nitrogens with one attached hydrogen (secondary N) is 2. The van der Waals surface area contributed by atoms with Crippen LogP contribution in [0.3, 0.4) is 0 Å². The van der Waals surface area contributed by atoms with Crippen LogP contribution in [0.2, 0.25) is 0 Å². The van der Waals surface area contributed by atoms with Gasteiger partial charge in [0.05, 0.1) is 0 Å². The highest BCUT2D eigenvalue weighted by Gasteiger charge is 2.00. The smallest absolute Gasteiger partial charge is 0.223 e. The monoisotopic (exact) mass is 251 g/mol. The highest BCUT2D eigenvalue weighted by atomic mass is 15.1. The summed E-state index contributed by atoms with van der Waals surface area (Å²) in [6, 6.07) is 1.87. The van der Waals surface area contributed by atoms with Gasteiger partial charge in [0.2, 0.25) is 5.95 Å². The lowest BCUT2D eigenvalue weighted by Gasteiger charge is -2.08. The van der Waals surface area contributed by atoms with Crippen molar-refractivity contribution in [1.82, 2.24) is 9.97 Å². The van der Waals surface area contributed by atoms with E-state index in [1.807, 2.05) is 13.1 Å². The zero-order valence-corrected chi connectivity index (χ0v) is 11.5. The lowest BCUT2D eigenvalue weighted by Crippen LogP contribution is -2.07. The molecular formula is C13H25N5. The van der Waals surface area contributed by atoms with Crippen molar-refractivity contribution >= 4 is 17.6 Å². The van der Waals surface area contributed by atoms with Gasteiger partial charge in [-0.1, -0.05) is 39.0 Å². The zero-order chi connectivity index (χ0) is 13.2. The van der Waals surface area contributed by atoms with Crippen molar-refractivity contribution < 1.29 is 0 Å². The Hall–Kier alpha value is -1.52. The summed E-state index contributed by atoms with van der Waals surface area (Å²) in [5.41, 5.74) is 5.62. The Morgan fingerprint density at radius 1 is 1.06 bits per heavy atom. The maximum Gasteiger partial charge on any atom is 0.223 e. The Kier molecular flexibility index (Phi) is 6.91. The van der Waals surface area contributed by atoms with Gasteiger partial charge in [-0.25, -0.2) is 0 Å². The van der Waals surface area contributed by atoms with Crippen LogP contribution in [-0.2, 0) is 0 Å².